The minimum Gasteiger partial charge on any atom is -0.0622 e. The van der Waals surface area contributed by atoms with Gasteiger partial charge in [-0.05, 0) is 228 Å². The number of allylic oxidation sites excluding steroid dienone is 9. The lowest BCUT2D eigenvalue weighted by atomic mass is 9.77. The quantitative estimate of drug-likeness (QED) is 0.0753. The summed E-state index contributed by atoms with van der Waals surface area (Å²) in [5.41, 5.74) is 26.6. The Kier molecular flexibility index (Phi) is 21.2. The molecular weight excluding hydrogens is 1030 g/mol. The molecule has 0 nitrogen and oxygen atoms in total. The molecule has 448 valence electrons. The van der Waals surface area contributed by atoms with E-state index in [-0.39, 0.29) is 0 Å². The van der Waals surface area contributed by atoms with Crippen LogP contribution in [0, 0.1) is 0 Å². The van der Waals surface area contributed by atoms with Gasteiger partial charge in [-0.1, -0.05) is 297 Å². The molecule has 0 saturated heterocycles. The molecule has 6 saturated carbocycles. The first-order valence-corrected chi connectivity index (χ1v) is 35.6. The van der Waals surface area contributed by atoms with E-state index in [1.54, 1.807) is 27.8 Å². The van der Waals surface area contributed by atoms with E-state index in [0.717, 1.165) is 12.8 Å². The second-order valence-corrected chi connectivity index (χ2v) is 28.2. The van der Waals surface area contributed by atoms with Crippen molar-refractivity contribution < 1.29 is 0 Å². The lowest BCUT2D eigenvalue weighted by Gasteiger charge is -2.28. The van der Waals surface area contributed by atoms with E-state index in [2.05, 4.69) is 184 Å². The third-order valence-corrected chi connectivity index (χ3v) is 22.1. The fourth-order valence-corrected chi connectivity index (χ4v) is 17.4. The highest BCUT2D eigenvalue weighted by Gasteiger charge is 2.27. The van der Waals surface area contributed by atoms with Gasteiger partial charge >= 0.3 is 0 Å². The van der Waals surface area contributed by atoms with E-state index in [9.17, 15) is 0 Å². The first-order chi connectivity index (χ1) is 42.5. The van der Waals surface area contributed by atoms with Crippen LogP contribution in [0.15, 0.2) is 181 Å². The van der Waals surface area contributed by atoms with Crippen LogP contribution in [0.3, 0.4) is 0 Å². The van der Waals surface area contributed by atoms with E-state index >= 15 is 0 Å². The van der Waals surface area contributed by atoms with E-state index in [0.29, 0.717) is 35.5 Å². The van der Waals surface area contributed by atoms with Gasteiger partial charge in [-0.3, -0.25) is 0 Å². The van der Waals surface area contributed by atoms with Crippen molar-refractivity contribution in [1.29, 1.82) is 0 Å². The highest BCUT2D eigenvalue weighted by molar-refractivity contribution is 5.86. The minimum atomic E-state index is 0.635. The maximum atomic E-state index is 2.71. The van der Waals surface area contributed by atoms with Gasteiger partial charge in [0.25, 0.3) is 0 Å². The molecule has 0 heterocycles. The van der Waals surface area contributed by atoms with Crippen LogP contribution in [0.5, 0.6) is 0 Å². The van der Waals surface area contributed by atoms with Gasteiger partial charge in [0.15, 0.2) is 0 Å². The van der Waals surface area contributed by atoms with Crippen molar-refractivity contribution in [3.8, 4) is 22.3 Å². The predicted octanol–water partition coefficient (Wildman–Crippen LogP) is 25.7. The molecule has 0 heteroatoms. The maximum Gasteiger partial charge on any atom is -0.00543 e. The number of benzene rings is 6. The molecule has 12 rings (SSSR count). The topological polar surface area (TPSA) is 0 Å². The maximum absolute atomic E-state index is 2.71. The van der Waals surface area contributed by atoms with Gasteiger partial charge < -0.3 is 0 Å². The van der Waals surface area contributed by atoms with Crippen molar-refractivity contribution in [1.82, 2.24) is 0 Å². The largest absolute Gasteiger partial charge is 0.0622 e. The third-order valence-electron chi connectivity index (χ3n) is 22.1. The second-order valence-electron chi connectivity index (χ2n) is 28.2. The summed E-state index contributed by atoms with van der Waals surface area (Å²) in [6.45, 7) is 5.01. The Morgan fingerprint density at radius 2 is 0.802 bits per heavy atom. The molecule has 6 fully saturated rings. The smallest absolute Gasteiger partial charge is 0.00543 e. The molecule has 6 aromatic rings. The van der Waals surface area contributed by atoms with E-state index in [1.165, 1.54) is 265 Å². The summed E-state index contributed by atoms with van der Waals surface area (Å²) in [7, 11) is 0. The number of hydrogen-bond acceptors (Lipinski definition) is 0. The van der Waals surface area contributed by atoms with Gasteiger partial charge in [0, 0.05) is 0 Å². The van der Waals surface area contributed by atoms with E-state index < -0.39 is 0 Å². The Bertz CT molecular complexity index is 3250. The van der Waals surface area contributed by atoms with Crippen molar-refractivity contribution in [3.05, 3.63) is 236 Å². The van der Waals surface area contributed by atoms with Crippen LogP contribution in [0.2, 0.25) is 0 Å². The second kappa shape index (κ2) is 30.3. The Morgan fingerprint density at radius 1 is 0.349 bits per heavy atom. The first kappa shape index (κ1) is 60.3. The summed E-state index contributed by atoms with van der Waals surface area (Å²) in [6.07, 6.45) is 56.5. The molecule has 0 unspecified atom stereocenters. The fraction of sp³-hybridized carbons (Fsp3) is 0.465. The van der Waals surface area contributed by atoms with Crippen LogP contribution in [-0.2, 0) is 12.8 Å². The molecule has 0 spiro atoms. The summed E-state index contributed by atoms with van der Waals surface area (Å²) < 4.78 is 0. The molecule has 0 atom stereocenters. The van der Waals surface area contributed by atoms with Crippen LogP contribution in [0.4, 0.5) is 0 Å². The van der Waals surface area contributed by atoms with Crippen molar-refractivity contribution in [3.63, 3.8) is 0 Å². The summed E-state index contributed by atoms with van der Waals surface area (Å²) in [5.74, 6) is 3.97. The van der Waals surface area contributed by atoms with E-state index in [1.807, 2.05) is 0 Å². The van der Waals surface area contributed by atoms with Crippen molar-refractivity contribution >= 4 is 11.6 Å². The molecule has 0 bridgehead atoms. The third kappa shape index (κ3) is 15.3. The minimum absolute atomic E-state index is 0.635. The highest BCUT2D eigenvalue weighted by Crippen LogP contribution is 2.46. The zero-order chi connectivity index (χ0) is 58.3. The summed E-state index contributed by atoms with van der Waals surface area (Å²) in [6, 6.07) is 53.9. The van der Waals surface area contributed by atoms with Crippen molar-refractivity contribution in [2.45, 2.75) is 255 Å². The van der Waals surface area contributed by atoms with Crippen molar-refractivity contribution in [2.24, 2.45) is 0 Å². The zero-order valence-electron chi connectivity index (χ0n) is 53.3. The Morgan fingerprint density at radius 3 is 1.36 bits per heavy atom. The lowest BCUT2D eigenvalue weighted by Crippen LogP contribution is -2.10. The predicted molar refractivity (Wildman–Crippen MR) is 372 cm³/mol. The molecular formula is C86H104. The zero-order valence-corrected chi connectivity index (χ0v) is 53.3. The monoisotopic (exact) mass is 1140 g/mol. The van der Waals surface area contributed by atoms with Gasteiger partial charge in [0.1, 0.15) is 0 Å². The molecule has 0 aromatic heterocycles. The van der Waals surface area contributed by atoms with Gasteiger partial charge in [0.2, 0.25) is 0 Å². The van der Waals surface area contributed by atoms with Crippen LogP contribution >= 0.6 is 0 Å². The molecule has 0 amide bonds. The highest BCUT2D eigenvalue weighted by atomic mass is 14.3. The molecule has 0 N–H and O–H groups in total. The van der Waals surface area contributed by atoms with Gasteiger partial charge in [-0.25, -0.2) is 0 Å². The average molecular weight is 1140 g/mol. The SMILES string of the molecule is C/C(Cc1cccc(C2CCCCC2)c1)=C(\C=C\C=C/C=C/c1ccccc1-c1ccccc1C1CCCCC1)C(=C(/C)Cc1ccccc1-c1cc(C2CCCCC2)cc(C2CCCCC2)c1)/c1cc(C2CCCCC2)cc(C2CCCCC2)c1. The Labute approximate surface area is 521 Å². The number of rotatable bonds is 18. The fourth-order valence-electron chi connectivity index (χ4n) is 17.4. The molecule has 6 aromatic carbocycles. The van der Waals surface area contributed by atoms with Gasteiger partial charge in [-0.2, -0.15) is 0 Å². The average Bonchev–Trinajstić information content (AvgIpc) is 2.40. The lowest BCUT2D eigenvalue weighted by molar-refractivity contribution is 0.435. The summed E-state index contributed by atoms with van der Waals surface area (Å²) >= 11 is 0. The van der Waals surface area contributed by atoms with Gasteiger partial charge in [-0.15, -0.1) is 0 Å². The molecule has 0 radical (unpaired) electrons. The number of hydrogen-bond donors (Lipinski definition) is 0. The van der Waals surface area contributed by atoms with Crippen molar-refractivity contribution in [2.75, 3.05) is 0 Å². The first-order valence-electron chi connectivity index (χ1n) is 35.6. The summed E-state index contributed by atoms with van der Waals surface area (Å²) in [5, 5.41) is 0. The van der Waals surface area contributed by atoms with Crippen LogP contribution in [-0.4, -0.2) is 0 Å². The normalized spacial score (nSPS) is 20.3. The van der Waals surface area contributed by atoms with E-state index in [4.69, 9.17) is 0 Å². The molecule has 0 aliphatic heterocycles. The Hall–Kier alpha value is -5.98. The molecule has 86 heavy (non-hydrogen) atoms. The summed E-state index contributed by atoms with van der Waals surface area (Å²) in [4.78, 5) is 0. The standard InChI is InChI=1S/C86H104/c1-63(54-65-32-31-48-73(56-65)66-33-12-5-13-34-66)81(49-24-4-3-11-43-72-46-25-28-51-83(72)85-53-30-29-52-84(85)71-44-22-10-23-45-71)86(80-61-77(69-39-18-8-19-40-69)58-78(62-80)70-41-20-9-21-42-70)64(2)55-74-47-26-27-50-82(74)79-59-75(67-35-14-6-15-36-67)57-76(60-79)68-37-16-7-17-38-68/h3-4,11,24-32,43,46-53,56-62,66-71H,5-10,12-23,33-42,44-45,54-55H2,1-2H3/b4-3-,43-11+,49-24+,81-63-,86-64-. The van der Waals surface area contributed by atoms with Crippen LogP contribution in [0.1, 0.15) is 298 Å². The molecule has 6 aliphatic rings. The van der Waals surface area contributed by atoms with Gasteiger partial charge in [0.05, 0.1) is 0 Å². The molecule has 6 aliphatic carbocycles. The Balaban J connectivity index is 0.976. The van der Waals surface area contributed by atoms with Crippen LogP contribution < -0.4 is 0 Å². The van der Waals surface area contributed by atoms with Crippen LogP contribution in [0.25, 0.3) is 33.9 Å².